The summed E-state index contributed by atoms with van der Waals surface area (Å²) in [5.41, 5.74) is 0.628. The Kier molecular flexibility index (Phi) is 3.16. The van der Waals surface area contributed by atoms with E-state index in [1.165, 1.54) is 25.9 Å². The van der Waals surface area contributed by atoms with Crippen LogP contribution in [-0.4, -0.2) is 13.1 Å². The quantitative estimate of drug-likeness (QED) is 0.682. The van der Waals surface area contributed by atoms with Crippen LogP contribution < -0.4 is 5.32 Å². The van der Waals surface area contributed by atoms with E-state index in [-0.39, 0.29) is 0 Å². The van der Waals surface area contributed by atoms with E-state index in [0.29, 0.717) is 5.41 Å². The Morgan fingerprint density at radius 3 is 2.17 bits per heavy atom. The largest absolute Gasteiger partial charge is 0.316 e. The Morgan fingerprint density at radius 2 is 1.83 bits per heavy atom. The van der Waals surface area contributed by atoms with Gasteiger partial charge in [0.25, 0.3) is 0 Å². The number of nitrogens with one attached hydrogen (secondary N) is 1. The molecule has 0 aromatic rings. The molecular formula is C11H23N. The van der Waals surface area contributed by atoms with Crippen molar-refractivity contribution in [1.82, 2.24) is 5.32 Å². The highest BCUT2D eigenvalue weighted by Crippen LogP contribution is 2.30. The molecule has 0 aromatic heterocycles. The average molecular weight is 169 g/mol. The summed E-state index contributed by atoms with van der Waals surface area (Å²) in [6.07, 6.45) is 2.80. The molecule has 0 radical (unpaired) electrons. The lowest BCUT2D eigenvalue weighted by Gasteiger charge is -2.40. The van der Waals surface area contributed by atoms with Crippen LogP contribution in [0, 0.1) is 17.3 Å². The second-order valence-electron chi connectivity index (χ2n) is 5.17. The summed E-state index contributed by atoms with van der Waals surface area (Å²) in [4.78, 5) is 0. The zero-order valence-corrected chi connectivity index (χ0v) is 8.98. The molecule has 0 bridgehead atoms. The lowest BCUT2D eigenvalue weighted by atomic mass is 9.77. The van der Waals surface area contributed by atoms with E-state index in [4.69, 9.17) is 0 Å². The average Bonchev–Trinajstić information content (AvgIpc) is 1.96. The molecule has 0 saturated carbocycles. The van der Waals surface area contributed by atoms with Gasteiger partial charge < -0.3 is 5.32 Å². The summed E-state index contributed by atoms with van der Waals surface area (Å²) >= 11 is 0. The van der Waals surface area contributed by atoms with Gasteiger partial charge in [0.2, 0.25) is 0 Å². The minimum absolute atomic E-state index is 0.628. The summed E-state index contributed by atoms with van der Waals surface area (Å²) in [5, 5.41) is 3.35. The van der Waals surface area contributed by atoms with Gasteiger partial charge in [-0.15, -0.1) is 0 Å². The highest BCUT2D eigenvalue weighted by molar-refractivity contribution is 4.88. The summed E-state index contributed by atoms with van der Waals surface area (Å²) in [6.45, 7) is 11.9. The van der Waals surface area contributed by atoms with E-state index in [9.17, 15) is 0 Å². The molecule has 0 spiro atoms. The van der Waals surface area contributed by atoms with Gasteiger partial charge in [-0.05, 0) is 30.1 Å². The fourth-order valence-corrected chi connectivity index (χ4v) is 1.64. The Labute approximate surface area is 76.9 Å². The fraction of sp³-hybridized carbons (Fsp3) is 1.00. The number of hydrogen-bond acceptors (Lipinski definition) is 1. The first-order valence-corrected chi connectivity index (χ1v) is 5.24. The van der Waals surface area contributed by atoms with Gasteiger partial charge >= 0.3 is 0 Å². The van der Waals surface area contributed by atoms with Crippen LogP contribution in [0.1, 0.15) is 40.5 Å². The van der Waals surface area contributed by atoms with Gasteiger partial charge in [0.1, 0.15) is 0 Å². The van der Waals surface area contributed by atoms with Crippen molar-refractivity contribution in [3.8, 4) is 0 Å². The molecule has 1 fully saturated rings. The second-order valence-corrected chi connectivity index (χ2v) is 5.17. The third-order valence-electron chi connectivity index (χ3n) is 3.44. The molecular weight excluding hydrogens is 146 g/mol. The van der Waals surface area contributed by atoms with Crippen LogP contribution in [0.4, 0.5) is 0 Å². The molecule has 1 saturated heterocycles. The van der Waals surface area contributed by atoms with Gasteiger partial charge in [-0.3, -0.25) is 0 Å². The van der Waals surface area contributed by atoms with Gasteiger partial charge in [0.15, 0.2) is 0 Å². The third kappa shape index (κ3) is 2.48. The molecule has 1 unspecified atom stereocenters. The van der Waals surface area contributed by atoms with Crippen LogP contribution in [0.25, 0.3) is 0 Å². The molecule has 0 amide bonds. The van der Waals surface area contributed by atoms with Gasteiger partial charge in [0, 0.05) is 13.1 Å². The second kappa shape index (κ2) is 3.78. The van der Waals surface area contributed by atoms with Crippen molar-refractivity contribution in [3.63, 3.8) is 0 Å². The fourth-order valence-electron chi connectivity index (χ4n) is 1.64. The highest BCUT2D eigenvalue weighted by atomic mass is 15.0. The van der Waals surface area contributed by atoms with Crippen molar-refractivity contribution in [2.45, 2.75) is 40.5 Å². The molecule has 1 heteroatoms. The van der Waals surface area contributed by atoms with Gasteiger partial charge in [-0.25, -0.2) is 0 Å². The normalized spacial score (nSPS) is 23.8. The van der Waals surface area contributed by atoms with Crippen molar-refractivity contribution < 1.29 is 0 Å². The first kappa shape index (κ1) is 10.0. The Bertz CT molecular complexity index is 136. The topological polar surface area (TPSA) is 12.0 Å². The summed E-state index contributed by atoms with van der Waals surface area (Å²) < 4.78 is 0. The van der Waals surface area contributed by atoms with Crippen molar-refractivity contribution in [3.05, 3.63) is 0 Å². The highest BCUT2D eigenvalue weighted by Gasteiger charge is 2.31. The van der Waals surface area contributed by atoms with E-state index in [1.807, 2.05) is 0 Å². The molecule has 1 aliphatic heterocycles. The van der Waals surface area contributed by atoms with Crippen LogP contribution in [-0.2, 0) is 0 Å². The minimum atomic E-state index is 0.628. The SMILES string of the molecule is CC(C)C(C)CCC1(C)CNC1. The van der Waals surface area contributed by atoms with Crippen molar-refractivity contribution in [2.24, 2.45) is 17.3 Å². The molecule has 1 N–H and O–H groups in total. The van der Waals surface area contributed by atoms with Gasteiger partial charge in [0.05, 0.1) is 0 Å². The molecule has 0 aliphatic carbocycles. The zero-order chi connectivity index (χ0) is 9.19. The molecule has 1 atom stereocenters. The maximum Gasteiger partial charge on any atom is 0.00176 e. The predicted molar refractivity (Wildman–Crippen MR) is 54.2 cm³/mol. The van der Waals surface area contributed by atoms with E-state index in [0.717, 1.165) is 11.8 Å². The van der Waals surface area contributed by atoms with E-state index in [1.54, 1.807) is 0 Å². The maximum absolute atomic E-state index is 3.35. The minimum Gasteiger partial charge on any atom is -0.316 e. The molecule has 72 valence electrons. The Balaban J connectivity index is 2.16. The Morgan fingerprint density at radius 1 is 1.25 bits per heavy atom. The maximum atomic E-state index is 3.35. The lowest BCUT2D eigenvalue weighted by molar-refractivity contribution is 0.159. The van der Waals surface area contributed by atoms with Crippen molar-refractivity contribution in [2.75, 3.05) is 13.1 Å². The monoisotopic (exact) mass is 169 g/mol. The first-order chi connectivity index (χ1) is 5.53. The van der Waals surface area contributed by atoms with Crippen LogP contribution in [0.15, 0.2) is 0 Å². The Hall–Kier alpha value is -0.0400. The lowest BCUT2D eigenvalue weighted by Crippen LogP contribution is -2.51. The number of rotatable bonds is 4. The van der Waals surface area contributed by atoms with E-state index in [2.05, 4.69) is 33.0 Å². The van der Waals surface area contributed by atoms with E-state index >= 15 is 0 Å². The third-order valence-corrected chi connectivity index (χ3v) is 3.44. The van der Waals surface area contributed by atoms with E-state index < -0.39 is 0 Å². The van der Waals surface area contributed by atoms with Gasteiger partial charge in [-0.1, -0.05) is 27.7 Å². The zero-order valence-electron chi connectivity index (χ0n) is 8.98. The summed E-state index contributed by atoms with van der Waals surface area (Å²) in [5.74, 6) is 1.74. The van der Waals surface area contributed by atoms with Crippen LogP contribution >= 0.6 is 0 Å². The van der Waals surface area contributed by atoms with Crippen LogP contribution in [0.3, 0.4) is 0 Å². The smallest absolute Gasteiger partial charge is 0.00176 e. The molecule has 1 nitrogen and oxygen atoms in total. The first-order valence-electron chi connectivity index (χ1n) is 5.24. The molecule has 1 heterocycles. The predicted octanol–water partition coefficient (Wildman–Crippen LogP) is 2.67. The van der Waals surface area contributed by atoms with Crippen molar-refractivity contribution in [1.29, 1.82) is 0 Å². The molecule has 0 aromatic carbocycles. The van der Waals surface area contributed by atoms with Crippen LogP contribution in [0.2, 0.25) is 0 Å². The van der Waals surface area contributed by atoms with Gasteiger partial charge in [-0.2, -0.15) is 0 Å². The van der Waals surface area contributed by atoms with Crippen molar-refractivity contribution >= 4 is 0 Å². The molecule has 1 rings (SSSR count). The molecule has 12 heavy (non-hydrogen) atoms. The molecule has 1 aliphatic rings. The number of hydrogen-bond donors (Lipinski definition) is 1. The van der Waals surface area contributed by atoms with Crippen LogP contribution in [0.5, 0.6) is 0 Å². The summed E-state index contributed by atoms with van der Waals surface area (Å²) in [6, 6.07) is 0. The standard InChI is InChI=1S/C11H23N/c1-9(2)10(3)5-6-11(4)7-12-8-11/h9-10,12H,5-8H2,1-4H3. The summed E-state index contributed by atoms with van der Waals surface area (Å²) in [7, 11) is 0.